The summed E-state index contributed by atoms with van der Waals surface area (Å²) in [5.41, 5.74) is 4.43. The quantitative estimate of drug-likeness (QED) is 0.0942. The standard InChI is InChI=1S/C27H20NOS.C15H28O2.Ir/c1-27(2,3)21-13-18(12-16-6-4-5-7-19(16)21)26-25-20-15-24-17(9-11-30-24)14-23(20)29-22(25)8-10-28-26;1-7-14(5,8-2)12(16)11-13(17)15(6,9-3)10-4;/h4-11,13-15H,1-3H3;11,16H,7-10H2,1-6H3;/q-1;;/b;12-11-;. The zero-order chi connectivity index (χ0) is 34.1. The third kappa shape index (κ3) is 7.17. The van der Waals surface area contributed by atoms with Gasteiger partial charge in [-0.25, -0.2) is 0 Å². The molecular formula is C42H48IrNO3S-. The van der Waals surface area contributed by atoms with E-state index in [-0.39, 0.29) is 47.9 Å². The van der Waals surface area contributed by atoms with Gasteiger partial charge < -0.3 is 9.52 Å². The molecule has 0 aliphatic rings. The normalized spacial score (nSPS) is 12.7. The number of fused-ring (bicyclic) bond motifs is 5. The number of furan rings is 1. The van der Waals surface area contributed by atoms with E-state index in [1.54, 1.807) is 11.3 Å². The van der Waals surface area contributed by atoms with Gasteiger partial charge in [-0.1, -0.05) is 91.5 Å². The molecule has 0 aliphatic carbocycles. The molecular weight excluding hydrogens is 791 g/mol. The summed E-state index contributed by atoms with van der Waals surface area (Å²) in [6.07, 6.45) is 6.59. The molecule has 0 saturated heterocycles. The van der Waals surface area contributed by atoms with Crippen LogP contribution in [0.2, 0.25) is 0 Å². The van der Waals surface area contributed by atoms with Gasteiger partial charge in [0.25, 0.3) is 0 Å². The van der Waals surface area contributed by atoms with E-state index in [0.29, 0.717) is 0 Å². The molecule has 0 unspecified atom stereocenters. The Bertz CT molecular complexity index is 2090. The van der Waals surface area contributed by atoms with Crippen LogP contribution in [0.4, 0.5) is 0 Å². The summed E-state index contributed by atoms with van der Waals surface area (Å²) >= 11 is 1.75. The maximum Gasteiger partial charge on any atom is 0.164 e. The minimum absolute atomic E-state index is 0. The monoisotopic (exact) mass is 839 g/mol. The van der Waals surface area contributed by atoms with E-state index in [2.05, 4.69) is 80.7 Å². The van der Waals surface area contributed by atoms with Crippen molar-refractivity contribution in [3.63, 3.8) is 0 Å². The number of ketones is 1. The molecule has 4 nitrogen and oxygen atoms in total. The number of hydrogen-bond acceptors (Lipinski definition) is 5. The van der Waals surface area contributed by atoms with Gasteiger partial charge in [0.2, 0.25) is 0 Å². The molecule has 0 aliphatic heterocycles. The number of carbonyl (C=O) groups excluding carboxylic acids is 1. The Morgan fingerprint density at radius 3 is 2.19 bits per heavy atom. The van der Waals surface area contributed by atoms with Gasteiger partial charge in [0.15, 0.2) is 5.78 Å². The van der Waals surface area contributed by atoms with E-state index in [1.165, 1.54) is 27.1 Å². The van der Waals surface area contributed by atoms with E-state index >= 15 is 0 Å². The van der Waals surface area contributed by atoms with Crippen molar-refractivity contribution in [1.29, 1.82) is 0 Å². The Hall–Kier alpha value is -3.31. The van der Waals surface area contributed by atoms with Gasteiger partial charge in [-0.05, 0) is 66.1 Å². The van der Waals surface area contributed by atoms with E-state index in [4.69, 9.17) is 9.40 Å². The Balaban J connectivity index is 0.000000251. The van der Waals surface area contributed by atoms with Crippen molar-refractivity contribution < 1.29 is 34.4 Å². The van der Waals surface area contributed by atoms with Crippen molar-refractivity contribution in [2.75, 3.05) is 0 Å². The van der Waals surface area contributed by atoms with Crippen LogP contribution < -0.4 is 0 Å². The molecule has 3 aromatic carbocycles. The van der Waals surface area contributed by atoms with Crippen molar-refractivity contribution in [2.24, 2.45) is 10.8 Å². The smallest absolute Gasteiger partial charge is 0.164 e. The number of hydrogen-bond donors (Lipinski definition) is 1. The number of pyridine rings is 1. The van der Waals surface area contributed by atoms with Gasteiger partial charge in [-0.15, -0.1) is 40.5 Å². The van der Waals surface area contributed by atoms with Gasteiger partial charge in [0, 0.05) is 64.4 Å². The molecule has 6 rings (SSSR count). The number of aromatic nitrogens is 1. The maximum atomic E-state index is 12.2. The van der Waals surface area contributed by atoms with Crippen molar-refractivity contribution >= 4 is 59.9 Å². The van der Waals surface area contributed by atoms with Crippen LogP contribution in [0.3, 0.4) is 0 Å². The Morgan fingerprint density at radius 1 is 0.875 bits per heavy atom. The molecule has 1 radical (unpaired) electrons. The first-order valence-electron chi connectivity index (χ1n) is 16.9. The molecule has 0 fully saturated rings. The first kappa shape index (κ1) is 37.5. The van der Waals surface area contributed by atoms with E-state index in [0.717, 1.165) is 64.3 Å². The molecule has 6 heteroatoms. The third-order valence-corrected chi connectivity index (χ3v) is 11.3. The number of thiophene rings is 1. The largest absolute Gasteiger partial charge is 0.512 e. The number of benzene rings is 3. The fraction of sp³-hybridized carbons (Fsp3) is 0.381. The summed E-state index contributed by atoms with van der Waals surface area (Å²) in [4.78, 5) is 17.0. The fourth-order valence-electron chi connectivity index (χ4n) is 6.04. The number of rotatable bonds is 8. The molecule has 3 heterocycles. The summed E-state index contributed by atoms with van der Waals surface area (Å²) < 4.78 is 7.49. The summed E-state index contributed by atoms with van der Waals surface area (Å²) in [5, 5.41) is 18.0. The molecule has 6 aromatic rings. The van der Waals surface area contributed by atoms with Crippen molar-refractivity contribution in [2.45, 2.75) is 93.4 Å². The number of carbonyl (C=O) groups is 1. The van der Waals surface area contributed by atoms with Gasteiger partial charge in [-0.2, -0.15) is 0 Å². The topological polar surface area (TPSA) is 63.3 Å². The maximum absolute atomic E-state index is 12.2. The van der Waals surface area contributed by atoms with Crippen LogP contribution in [0.25, 0.3) is 54.1 Å². The number of nitrogens with zero attached hydrogens (tertiary/aromatic N) is 1. The zero-order valence-electron chi connectivity index (χ0n) is 29.7. The molecule has 255 valence electrons. The number of aliphatic hydroxyl groups is 1. The van der Waals surface area contributed by atoms with Crippen molar-refractivity contribution in [3.8, 4) is 11.3 Å². The average Bonchev–Trinajstić information content (AvgIpc) is 3.69. The van der Waals surface area contributed by atoms with Crippen LogP contribution >= 0.6 is 11.3 Å². The predicted molar refractivity (Wildman–Crippen MR) is 200 cm³/mol. The molecule has 0 saturated carbocycles. The summed E-state index contributed by atoms with van der Waals surface area (Å²) in [7, 11) is 0. The first-order valence-corrected chi connectivity index (χ1v) is 17.8. The zero-order valence-corrected chi connectivity index (χ0v) is 32.9. The van der Waals surface area contributed by atoms with Gasteiger partial charge in [0.1, 0.15) is 16.9 Å². The van der Waals surface area contributed by atoms with Gasteiger partial charge in [-0.3, -0.25) is 9.78 Å². The predicted octanol–water partition coefficient (Wildman–Crippen LogP) is 12.8. The second-order valence-corrected chi connectivity index (χ2v) is 15.2. The van der Waals surface area contributed by atoms with Crippen LogP contribution in [0.1, 0.15) is 93.6 Å². The molecule has 0 amide bonds. The average molecular weight is 839 g/mol. The van der Waals surface area contributed by atoms with Crippen LogP contribution in [0, 0.1) is 16.9 Å². The molecule has 0 bridgehead atoms. The summed E-state index contributed by atoms with van der Waals surface area (Å²) in [6.45, 7) is 18.9. The molecule has 0 spiro atoms. The fourth-order valence-corrected chi connectivity index (χ4v) is 6.85. The van der Waals surface area contributed by atoms with Crippen LogP contribution in [-0.4, -0.2) is 15.9 Å². The molecule has 3 aromatic heterocycles. The third-order valence-electron chi connectivity index (χ3n) is 10.4. The second-order valence-electron chi connectivity index (χ2n) is 14.3. The Labute approximate surface area is 303 Å². The van der Waals surface area contributed by atoms with E-state index in [1.807, 2.05) is 53.8 Å². The van der Waals surface area contributed by atoms with Crippen molar-refractivity contribution in [1.82, 2.24) is 4.98 Å². The van der Waals surface area contributed by atoms with E-state index < -0.39 is 0 Å². The minimum atomic E-state index is -0.337. The Kier molecular flexibility index (Phi) is 11.5. The second kappa shape index (κ2) is 14.7. The number of aliphatic hydroxyl groups excluding tert-OH is 1. The van der Waals surface area contributed by atoms with Crippen LogP contribution in [-0.2, 0) is 30.3 Å². The van der Waals surface area contributed by atoms with Gasteiger partial charge >= 0.3 is 0 Å². The van der Waals surface area contributed by atoms with Gasteiger partial charge in [0.05, 0.1) is 0 Å². The summed E-state index contributed by atoms with van der Waals surface area (Å²) in [6, 6.07) is 22.8. The van der Waals surface area contributed by atoms with E-state index in [9.17, 15) is 9.90 Å². The SMILES string of the molecule is CC(C)(C)c1cc(-c2nccc3oc4cc5ccsc5cc4c23)[c-]c2ccccc12.CCC(C)(CC)C(=O)/C=C(\O)C(C)(CC)CC.[Ir]. The van der Waals surface area contributed by atoms with Crippen LogP contribution in [0.5, 0.6) is 0 Å². The molecule has 1 N–H and O–H groups in total. The summed E-state index contributed by atoms with van der Waals surface area (Å²) in [5.74, 6) is 0.286. The van der Waals surface area contributed by atoms with Crippen molar-refractivity contribution in [3.05, 3.63) is 89.6 Å². The first-order chi connectivity index (χ1) is 22.3. The minimum Gasteiger partial charge on any atom is -0.512 e. The number of allylic oxidation sites excluding steroid dienone is 2. The Morgan fingerprint density at radius 2 is 1.54 bits per heavy atom. The molecule has 48 heavy (non-hydrogen) atoms. The van der Waals surface area contributed by atoms with Crippen LogP contribution in [0.15, 0.2) is 82.4 Å². The molecule has 0 atom stereocenters.